The van der Waals surface area contributed by atoms with Crippen molar-refractivity contribution in [3.05, 3.63) is 89.6 Å². The molecule has 4 heteroatoms. The van der Waals surface area contributed by atoms with Crippen LogP contribution < -0.4 is 4.90 Å². The minimum Gasteiger partial charge on any atom is -0.362 e. The molecule has 0 aromatic heterocycles. The van der Waals surface area contributed by atoms with Gasteiger partial charge in [0.05, 0.1) is 18.2 Å². The predicted octanol–water partition coefficient (Wildman–Crippen LogP) is 4.24. The molecule has 0 fully saturated rings. The van der Waals surface area contributed by atoms with E-state index in [0.29, 0.717) is 18.7 Å². The summed E-state index contributed by atoms with van der Waals surface area (Å²) in [4.78, 5) is 2.21. The van der Waals surface area contributed by atoms with Crippen molar-refractivity contribution in [2.75, 3.05) is 25.0 Å². The average molecular weight is 358 g/mol. The molecule has 0 bridgehead atoms. The van der Waals surface area contributed by atoms with Crippen LogP contribution in [0, 0.1) is 18.3 Å². The van der Waals surface area contributed by atoms with Gasteiger partial charge in [-0.3, -0.25) is 0 Å². The number of aryl methyl sites for hydroxylation is 1. The van der Waals surface area contributed by atoms with Crippen LogP contribution in [0.4, 0.5) is 5.69 Å². The number of likely N-dealkylation sites (N-methyl/N-ethyl adjacent to an activating group) is 1. The second kappa shape index (κ2) is 8.11. The first kappa shape index (κ1) is 18.8. The Labute approximate surface area is 162 Å². The lowest BCUT2D eigenvalue weighted by Crippen LogP contribution is -2.39. The average Bonchev–Trinajstić information content (AvgIpc) is 3.11. The fourth-order valence-electron chi connectivity index (χ4n) is 3.47. The summed E-state index contributed by atoms with van der Waals surface area (Å²) in [5, 5.41) is 13.7. The third kappa shape index (κ3) is 4.05. The maximum Gasteiger partial charge on any atom is 0.0992 e. The van der Waals surface area contributed by atoms with Crippen molar-refractivity contribution >= 4 is 5.69 Å². The quantitative estimate of drug-likeness (QED) is 0.694. The van der Waals surface area contributed by atoms with E-state index >= 15 is 0 Å². The SMILES string of the molecule is C=CCN(CC(=C)N(C)N1Cc2ccccc2C1)c1cc(C#N)ccc1C. The smallest absolute Gasteiger partial charge is 0.0992 e. The van der Waals surface area contributed by atoms with E-state index in [1.54, 1.807) is 0 Å². The molecule has 0 aliphatic carbocycles. The van der Waals surface area contributed by atoms with Gasteiger partial charge in [0.15, 0.2) is 0 Å². The van der Waals surface area contributed by atoms with Gasteiger partial charge in [0, 0.05) is 38.1 Å². The van der Waals surface area contributed by atoms with Crippen LogP contribution in [0.1, 0.15) is 22.3 Å². The van der Waals surface area contributed by atoms with Gasteiger partial charge in [0.2, 0.25) is 0 Å². The van der Waals surface area contributed by atoms with E-state index in [9.17, 15) is 5.26 Å². The minimum absolute atomic E-state index is 0.665. The van der Waals surface area contributed by atoms with Gasteiger partial charge in [-0.2, -0.15) is 5.26 Å². The number of rotatable bonds is 7. The molecule has 0 unspecified atom stereocenters. The van der Waals surface area contributed by atoms with Crippen molar-refractivity contribution in [1.29, 1.82) is 5.26 Å². The van der Waals surface area contributed by atoms with Crippen LogP contribution >= 0.6 is 0 Å². The lowest BCUT2D eigenvalue weighted by atomic mass is 10.1. The molecular formula is C23H26N4. The van der Waals surface area contributed by atoms with Crippen molar-refractivity contribution in [3.63, 3.8) is 0 Å². The Hall–Kier alpha value is -3.03. The molecule has 0 saturated carbocycles. The zero-order valence-electron chi connectivity index (χ0n) is 16.2. The van der Waals surface area contributed by atoms with E-state index in [0.717, 1.165) is 30.0 Å². The number of nitrogens with zero attached hydrogens (tertiary/aromatic N) is 4. The Bertz CT molecular complexity index is 868. The molecule has 4 nitrogen and oxygen atoms in total. The number of hydrazine groups is 1. The van der Waals surface area contributed by atoms with E-state index in [-0.39, 0.29) is 0 Å². The van der Waals surface area contributed by atoms with Gasteiger partial charge in [0.25, 0.3) is 0 Å². The summed E-state index contributed by atoms with van der Waals surface area (Å²) in [6, 6.07) is 16.6. The molecule has 3 rings (SSSR count). The molecule has 1 heterocycles. The zero-order chi connectivity index (χ0) is 19.4. The third-order valence-corrected chi connectivity index (χ3v) is 5.11. The van der Waals surface area contributed by atoms with Crippen LogP contribution in [-0.4, -0.2) is 30.2 Å². The monoisotopic (exact) mass is 358 g/mol. The van der Waals surface area contributed by atoms with Crippen LogP contribution in [0.25, 0.3) is 0 Å². The lowest BCUT2D eigenvalue weighted by molar-refractivity contribution is 0.0283. The summed E-state index contributed by atoms with van der Waals surface area (Å²) in [5.74, 6) is 0. The van der Waals surface area contributed by atoms with Crippen LogP contribution in [0.3, 0.4) is 0 Å². The predicted molar refractivity (Wildman–Crippen MR) is 111 cm³/mol. The van der Waals surface area contributed by atoms with Crippen molar-refractivity contribution in [2.24, 2.45) is 0 Å². The van der Waals surface area contributed by atoms with E-state index < -0.39 is 0 Å². The number of hydrogen-bond acceptors (Lipinski definition) is 4. The summed E-state index contributed by atoms with van der Waals surface area (Å²) in [6.07, 6.45) is 1.89. The summed E-state index contributed by atoms with van der Waals surface area (Å²) >= 11 is 0. The Balaban J connectivity index is 1.74. The second-order valence-corrected chi connectivity index (χ2v) is 6.96. The first-order valence-corrected chi connectivity index (χ1v) is 9.13. The Kier molecular flexibility index (Phi) is 5.63. The van der Waals surface area contributed by atoms with E-state index in [1.165, 1.54) is 11.1 Å². The van der Waals surface area contributed by atoms with E-state index in [1.807, 2.05) is 24.3 Å². The molecule has 2 aromatic rings. The second-order valence-electron chi connectivity index (χ2n) is 6.96. The molecule has 138 valence electrons. The third-order valence-electron chi connectivity index (χ3n) is 5.11. The molecule has 27 heavy (non-hydrogen) atoms. The summed E-state index contributed by atoms with van der Waals surface area (Å²) in [6.45, 7) is 13.5. The van der Waals surface area contributed by atoms with Crippen molar-refractivity contribution in [2.45, 2.75) is 20.0 Å². The van der Waals surface area contributed by atoms with Crippen molar-refractivity contribution < 1.29 is 0 Å². The standard InChI is InChI=1S/C23H26N4/c1-5-12-26(23-13-20(14-24)11-10-18(23)2)15-19(3)25(4)27-16-21-8-6-7-9-22(21)17-27/h5-11,13H,1,3,12,15-17H2,2,4H3. The highest BCUT2D eigenvalue weighted by Gasteiger charge is 2.23. The first-order chi connectivity index (χ1) is 13.0. The zero-order valence-corrected chi connectivity index (χ0v) is 16.2. The topological polar surface area (TPSA) is 33.5 Å². The molecule has 0 saturated heterocycles. The van der Waals surface area contributed by atoms with Gasteiger partial charge in [-0.1, -0.05) is 43.0 Å². The summed E-state index contributed by atoms with van der Waals surface area (Å²) in [5.41, 5.74) is 6.61. The summed E-state index contributed by atoms with van der Waals surface area (Å²) < 4.78 is 0. The number of fused-ring (bicyclic) bond motifs is 1. The molecular weight excluding hydrogens is 332 g/mol. The largest absolute Gasteiger partial charge is 0.362 e. The van der Waals surface area contributed by atoms with Crippen molar-refractivity contribution in [3.8, 4) is 6.07 Å². The number of nitriles is 1. The number of anilines is 1. The highest BCUT2D eigenvalue weighted by Crippen LogP contribution is 2.26. The van der Waals surface area contributed by atoms with Gasteiger partial charge < -0.3 is 9.91 Å². The van der Waals surface area contributed by atoms with E-state index in [2.05, 4.69) is 72.4 Å². The highest BCUT2D eigenvalue weighted by atomic mass is 15.6. The Morgan fingerprint density at radius 2 is 1.89 bits per heavy atom. The van der Waals surface area contributed by atoms with Crippen molar-refractivity contribution in [1.82, 2.24) is 10.0 Å². The normalized spacial score (nSPS) is 12.9. The molecule has 1 aliphatic rings. The number of hydrogen-bond donors (Lipinski definition) is 0. The molecule has 0 amide bonds. The van der Waals surface area contributed by atoms with Gasteiger partial charge in [-0.25, -0.2) is 5.01 Å². The van der Waals surface area contributed by atoms with Gasteiger partial charge in [-0.05, 0) is 35.7 Å². The molecule has 1 aliphatic heterocycles. The fraction of sp³-hybridized carbons (Fsp3) is 0.261. The Morgan fingerprint density at radius 3 is 2.48 bits per heavy atom. The maximum absolute atomic E-state index is 9.24. The molecule has 0 atom stereocenters. The van der Waals surface area contributed by atoms with Crippen LogP contribution in [0.15, 0.2) is 67.4 Å². The molecule has 0 spiro atoms. The summed E-state index contributed by atoms with van der Waals surface area (Å²) in [7, 11) is 2.07. The minimum atomic E-state index is 0.665. The maximum atomic E-state index is 9.24. The van der Waals surface area contributed by atoms with Crippen LogP contribution in [0.2, 0.25) is 0 Å². The first-order valence-electron chi connectivity index (χ1n) is 9.13. The van der Waals surface area contributed by atoms with E-state index in [4.69, 9.17) is 0 Å². The molecule has 0 radical (unpaired) electrons. The molecule has 0 N–H and O–H groups in total. The van der Waals surface area contributed by atoms with Gasteiger partial charge in [0.1, 0.15) is 0 Å². The van der Waals surface area contributed by atoms with Crippen LogP contribution in [0.5, 0.6) is 0 Å². The number of benzene rings is 2. The highest BCUT2D eigenvalue weighted by molar-refractivity contribution is 5.58. The van der Waals surface area contributed by atoms with Gasteiger partial charge >= 0.3 is 0 Å². The Morgan fingerprint density at radius 1 is 1.22 bits per heavy atom. The van der Waals surface area contributed by atoms with Gasteiger partial charge in [-0.15, -0.1) is 6.58 Å². The molecule has 2 aromatic carbocycles. The fourth-order valence-corrected chi connectivity index (χ4v) is 3.47. The lowest BCUT2D eigenvalue weighted by Gasteiger charge is -2.35. The van der Waals surface area contributed by atoms with Crippen LogP contribution in [-0.2, 0) is 13.1 Å².